The van der Waals surface area contributed by atoms with Gasteiger partial charge >= 0.3 is 5.97 Å². The molecule has 4 saturated heterocycles. The van der Waals surface area contributed by atoms with Crippen molar-refractivity contribution < 1.29 is 29.0 Å². The largest absolute Gasteiger partial charge is 0.461 e. The van der Waals surface area contributed by atoms with Crippen molar-refractivity contribution in [3.05, 3.63) is 25.3 Å². The van der Waals surface area contributed by atoms with E-state index in [-0.39, 0.29) is 35.1 Å². The number of carbonyl (C=O) groups is 3. The number of likely N-dealkylation sites (tertiary alicyclic amines) is 1. The van der Waals surface area contributed by atoms with Gasteiger partial charge in [-0.05, 0) is 13.3 Å². The molecular formula is C25H36BrN3O6S. The van der Waals surface area contributed by atoms with Gasteiger partial charge in [-0.2, -0.15) is 0 Å². The molecule has 1 spiro atoms. The number of aliphatic hydroxyl groups excluding tert-OH is 1. The molecule has 0 aromatic heterocycles. The van der Waals surface area contributed by atoms with Crippen molar-refractivity contribution in [2.45, 2.75) is 40.3 Å². The highest BCUT2D eigenvalue weighted by Crippen LogP contribution is 2.68. The highest BCUT2D eigenvalue weighted by Gasteiger charge is 2.76. The van der Waals surface area contributed by atoms with Crippen molar-refractivity contribution in [3.8, 4) is 0 Å². The molecule has 0 aromatic rings. The number of hydrogen-bond donors (Lipinski definition) is 1. The fourth-order valence-electron chi connectivity index (χ4n) is 6.12. The Morgan fingerprint density at radius 2 is 2.08 bits per heavy atom. The number of ether oxygens (including phenoxy) is 2. The van der Waals surface area contributed by atoms with Crippen LogP contribution in [0.15, 0.2) is 25.3 Å². The van der Waals surface area contributed by atoms with Crippen molar-refractivity contribution >= 4 is 45.5 Å². The van der Waals surface area contributed by atoms with Gasteiger partial charge in [-0.3, -0.25) is 19.3 Å². The molecule has 2 amide bonds. The van der Waals surface area contributed by atoms with Crippen LogP contribution < -0.4 is 0 Å². The van der Waals surface area contributed by atoms with E-state index in [4.69, 9.17) is 9.47 Å². The summed E-state index contributed by atoms with van der Waals surface area (Å²) in [6, 6.07) is -1.34. The minimum absolute atomic E-state index is 0.0336. The predicted molar refractivity (Wildman–Crippen MR) is 141 cm³/mol. The van der Waals surface area contributed by atoms with E-state index in [1.54, 1.807) is 34.6 Å². The molecule has 4 aliphatic rings. The van der Waals surface area contributed by atoms with Crippen molar-refractivity contribution in [1.29, 1.82) is 0 Å². The second-order valence-corrected chi connectivity index (χ2v) is 12.6. The summed E-state index contributed by atoms with van der Waals surface area (Å²) in [5.74, 6) is -2.18. The Hall–Kier alpha value is -1.40. The molecule has 4 aliphatic heterocycles. The molecular weight excluding hydrogens is 550 g/mol. The lowest BCUT2D eigenvalue weighted by Gasteiger charge is -2.39. The molecule has 0 radical (unpaired) electrons. The van der Waals surface area contributed by atoms with E-state index in [0.29, 0.717) is 39.3 Å². The van der Waals surface area contributed by atoms with E-state index < -0.39 is 34.6 Å². The van der Waals surface area contributed by atoms with Gasteiger partial charge in [0.15, 0.2) is 0 Å². The third-order valence-electron chi connectivity index (χ3n) is 7.77. The highest BCUT2D eigenvalue weighted by atomic mass is 79.9. The van der Waals surface area contributed by atoms with Crippen LogP contribution >= 0.6 is 27.7 Å². The maximum absolute atomic E-state index is 14.3. The molecule has 9 nitrogen and oxygen atoms in total. The minimum atomic E-state index is -0.783. The van der Waals surface area contributed by atoms with E-state index >= 15 is 0 Å². The van der Waals surface area contributed by atoms with Gasteiger partial charge < -0.3 is 24.4 Å². The van der Waals surface area contributed by atoms with Crippen LogP contribution in [0.4, 0.5) is 0 Å². The van der Waals surface area contributed by atoms with Gasteiger partial charge in [0.25, 0.3) is 0 Å². The number of rotatable bonds is 11. The van der Waals surface area contributed by atoms with Crippen LogP contribution in [0.3, 0.4) is 0 Å². The van der Waals surface area contributed by atoms with E-state index in [0.717, 1.165) is 13.1 Å². The number of alkyl halides is 1. The molecule has 4 rings (SSSR count). The SMILES string of the molecule is C=CCOC(=O)[C@H]1[C@H]2C(=O)N([C@H](C)CO)C(C(=O)N(CC=C)CCN3CCOCC3)C23CC(Br)[C@@H]1S3. The van der Waals surface area contributed by atoms with Gasteiger partial charge in [-0.15, -0.1) is 18.3 Å². The quantitative estimate of drug-likeness (QED) is 0.217. The van der Waals surface area contributed by atoms with Gasteiger partial charge in [-0.25, -0.2) is 0 Å². The van der Waals surface area contributed by atoms with Crippen LogP contribution in [-0.2, 0) is 23.9 Å². The van der Waals surface area contributed by atoms with E-state index in [1.807, 2.05) is 0 Å². The lowest BCUT2D eigenvalue weighted by atomic mass is 9.71. The monoisotopic (exact) mass is 585 g/mol. The number of amides is 2. The Bertz CT molecular complexity index is 886. The molecule has 2 bridgehead atoms. The molecule has 0 aromatic carbocycles. The molecule has 0 saturated carbocycles. The zero-order valence-corrected chi connectivity index (χ0v) is 23.1. The Balaban J connectivity index is 1.66. The number of morpholine rings is 1. The second-order valence-electron chi connectivity index (χ2n) is 9.89. The molecule has 36 heavy (non-hydrogen) atoms. The summed E-state index contributed by atoms with van der Waals surface area (Å²) in [6.07, 6.45) is 3.79. The lowest BCUT2D eigenvalue weighted by molar-refractivity contribution is -0.153. The smallest absolute Gasteiger partial charge is 0.311 e. The van der Waals surface area contributed by atoms with Gasteiger partial charge in [-0.1, -0.05) is 34.7 Å². The molecule has 1 N–H and O–H groups in total. The van der Waals surface area contributed by atoms with Gasteiger partial charge in [0.05, 0.1) is 42.4 Å². The Labute approximate surface area is 225 Å². The van der Waals surface area contributed by atoms with Crippen LogP contribution in [0.5, 0.6) is 0 Å². The number of carbonyl (C=O) groups excluding carboxylic acids is 3. The van der Waals surface area contributed by atoms with Gasteiger partial charge in [0.1, 0.15) is 12.6 Å². The van der Waals surface area contributed by atoms with Gasteiger partial charge in [0.2, 0.25) is 11.8 Å². The summed E-state index contributed by atoms with van der Waals surface area (Å²) >= 11 is 5.30. The Kier molecular flexibility index (Phi) is 8.87. The Morgan fingerprint density at radius 3 is 2.72 bits per heavy atom. The first kappa shape index (κ1) is 27.6. The molecule has 3 unspecified atom stereocenters. The molecule has 4 fully saturated rings. The average molecular weight is 587 g/mol. The average Bonchev–Trinajstić information content (AvgIpc) is 3.48. The molecule has 7 atom stereocenters. The predicted octanol–water partition coefficient (Wildman–Crippen LogP) is 0.908. The number of aliphatic hydroxyl groups is 1. The molecule has 0 aliphatic carbocycles. The lowest BCUT2D eigenvalue weighted by Crippen LogP contribution is -2.58. The minimum Gasteiger partial charge on any atom is -0.461 e. The molecule has 4 heterocycles. The first-order valence-corrected chi connectivity index (χ1v) is 14.3. The third-order valence-corrected chi connectivity index (χ3v) is 11.0. The number of nitrogens with zero attached hydrogens (tertiary/aromatic N) is 3. The van der Waals surface area contributed by atoms with Crippen LogP contribution in [0.2, 0.25) is 0 Å². The summed E-state index contributed by atoms with van der Waals surface area (Å²) in [5, 5.41) is 9.86. The maximum Gasteiger partial charge on any atom is 0.311 e. The number of halogens is 1. The zero-order valence-electron chi connectivity index (χ0n) is 20.7. The summed E-state index contributed by atoms with van der Waals surface area (Å²) in [6.45, 7) is 13.5. The number of hydrogen-bond acceptors (Lipinski definition) is 8. The first-order valence-electron chi connectivity index (χ1n) is 12.5. The van der Waals surface area contributed by atoms with Crippen LogP contribution in [0.1, 0.15) is 13.3 Å². The standard InChI is InChI=1S/C25H36BrN3O6S/c1-4-6-28(8-7-27-9-12-34-13-10-27)23(32)21-25-14-17(26)20(36-25)18(24(33)35-11-5-2)19(25)22(31)29(21)16(3)15-30/h4-5,16-21,30H,1-2,6-15H2,3H3/t16-,17?,18+,19+,20+,21?,25?/m1/s1. The number of fused-ring (bicyclic) bond motifs is 1. The first-order chi connectivity index (χ1) is 17.3. The number of esters is 1. The normalized spacial score (nSPS) is 34.4. The van der Waals surface area contributed by atoms with Crippen molar-refractivity contribution in [1.82, 2.24) is 14.7 Å². The van der Waals surface area contributed by atoms with E-state index in [9.17, 15) is 19.5 Å². The second kappa shape index (κ2) is 11.6. The topological polar surface area (TPSA) is 99.6 Å². The van der Waals surface area contributed by atoms with Crippen molar-refractivity contribution in [2.75, 3.05) is 59.2 Å². The summed E-state index contributed by atoms with van der Waals surface area (Å²) < 4.78 is 10.1. The summed E-state index contributed by atoms with van der Waals surface area (Å²) in [5.41, 5.74) is 0. The van der Waals surface area contributed by atoms with Crippen LogP contribution in [-0.4, -0.2) is 124 Å². The number of thioether (sulfide) groups is 1. The van der Waals surface area contributed by atoms with Crippen LogP contribution in [0.25, 0.3) is 0 Å². The molecule has 200 valence electrons. The van der Waals surface area contributed by atoms with Crippen molar-refractivity contribution in [2.24, 2.45) is 11.8 Å². The summed E-state index contributed by atoms with van der Waals surface area (Å²) in [7, 11) is 0. The fraction of sp³-hybridized carbons (Fsp3) is 0.720. The Morgan fingerprint density at radius 1 is 1.36 bits per heavy atom. The maximum atomic E-state index is 14.3. The van der Waals surface area contributed by atoms with E-state index in [1.165, 1.54) is 6.08 Å². The van der Waals surface area contributed by atoms with Crippen LogP contribution in [0, 0.1) is 11.8 Å². The highest BCUT2D eigenvalue weighted by molar-refractivity contribution is 9.09. The summed E-state index contributed by atoms with van der Waals surface area (Å²) in [4.78, 5) is 46.8. The fourth-order valence-corrected chi connectivity index (χ4v) is 9.70. The third kappa shape index (κ3) is 4.77. The molecule has 11 heteroatoms. The van der Waals surface area contributed by atoms with Gasteiger partial charge in [0, 0.05) is 42.8 Å². The van der Waals surface area contributed by atoms with Crippen molar-refractivity contribution in [3.63, 3.8) is 0 Å². The zero-order chi connectivity index (χ0) is 26.0. The van der Waals surface area contributed by atoms with E-state index in [2.05, 4.69) is 34.0 Å².